The summed E-state index contributed by atoms with van der Waals surface area (Å²) in [5.74, 6) is 1.06. The van der Waals surface area contributed by atoms with Gasteiger partial charge in [-0.3, -0.25) is 0 Å². The third-order valence-corrected chi connectivity index (χ3v) is 3.47. The van der Waals surface area contributed by atoms with E-state index in [9.17, 15) is 0 Å². The van der Waals surface area contributed by atoms with Gasteiger partial charge in [-0.05, 0) is 19.1 Å². The summed E-state index contributed by atoms with van der Waals surface area (Å²) in [5, 5.41) is 5.53. The zero-order chi connectivity index (χ0) is 12.9. The SMILES string of the molecule is Cc1c(-c2cc(N)no2)c2ccc(Cl)cc2n1C. The molecule has 0 saturated heterocycles. The summed E-state index contributed by atoms with van der Waals surface area (Å²) >= 11 is 6.03. The molecule has 1 aromatic carbocycles. The fourth-order valence-electron chi connectivity index (χ4n) is 2.25. The smallest absolute Gasteiger partial charge is 0.171 e. The number of benzene rings is 1. The molecule has 4 nitrogen and oxygen atoms in total. The van der Waals surface area contributed by atoms with E-state index in [-0.39, 0.29) is 0 Å². The van der Waals surface area contributed by atoms with E-state index in [1.54, 1.807) is 6.07 Å². The molecule has 5 heteroatoms. The number of anilines is 1. The van der Waals surface area contributed by atoms with Crippen LogP contribution in [0.1, 0.15) is 5.69 Å². The van der Waals surface area contributed by atoms with Crippen LogP contribution in [0.3, 0.4) is 0 Å². The van der Waals surface area contributed by atoms with Crippen LogP contribution in [-0.2, 0) is 7.05 Å². The first kappa shape index (κ1) is 11.2. The van der Waals surface area contributed by atoms with E-state index in [4.69, 9.17) is 21.9 Å². The molecular formula is C13H12ClN3O. The van der Waals surface area contributed by atoms with Gasteiger partial charge in [-0.2, -0.15) is 0 Å². The maximum absolute atomic E-state index is 6.03. The lowest BCUT2D eigenvalue weighted by Crippen LogP contribution is -1.90. The molecule has 2 aromatic heterocycles. The van der Waals surface area contributed by atoms with Gasteiger partial charge in [0.1, 0.15) is 0 Å². The Morgan fingerprint density at radius 2 is 2.11 bits per heavy atom. The molecule has 0 bridgehead atoms. The van der Waals surface area contributed by atoms with Crippen LogP contribution in [0.5, 0.6) is 0 Å². The minimum absolute atomic E-state index is 0.385. The minimum Gasteiger partial charge on any atom is -0.381 e. The Morgan fingerprint density at radius 1 is 1.33 bits per heavy atom. The van der Waals surface area contributed by atoms with Gasteiger partial charge in [-0.1, -0.05) is 22.8 Å². The number of hydrogen-bond acceptors (Lipinski definition) is 3. The lowest BCUT2D eigenvalue weighted by atomic mass is 10.1. The van der Waals surface area contributed by atoms with Crippen molar-refractivity contribution in [2.45, 2.75) is 6.92 Å². The molecule has 0 radical (unpaired) electrons. The molecule has 92 valence electrons. The zero-order valence-electron chi connectivity index (χ0n) is 10.1. The molecule has 0 fully saturated rings. The van der Waals surface area contributed by atoms with Crippen LogP contribution in [0.2, 0.25) is 5.02 Å². The average molecular weight is 262 g/mol. The Bertz CT molecular complexity index is 742. The maximum Gasteiger partial charge on any atom is 0.171 e. The molecule has 2 heterocycles. The second-order valence-electron chi connectivity index (χ2n) is 4.30. The summed E-state index contributed by atoms with van der Waals surface area (Å²) in [6.07, 6.45) is 0. The van der Waals surface area contributed by atoms with Crippen LogP contribution in [0, 0.1) is 6.92 Å². The van der Waals surface area contributed by atoms with Crippen molar-refractivity contribution < 1.29 is 4.52 Å². The molecule has 0 aliphatic heterocycles. The van der Waals surface area contributed by atoms with Gasteiger partial charge >= 0.3 is 0 Å². The maximum atomic E-state index is 6.03. The van der Waals surface area contributed by atoms with Crippen LogP contribution in [0.15, 0.2) is 28.8 Å². The summed E-state index contributed by atoms with van der Waals surface area (Å²) in [6.45, 7) is 2.03. The van der Waals surface area contributed by atoms with E-state index >= 15 is 0 Å². The van der Waals surface area contributed by atoms with Gasteiger partial charge in [0, 0.05) is 34.8 Å². The van der Waals surface area contributed by atoms with Crippen molar-refractivity contribution in [2.24, 2.45) is 7.05 Å². The van der Waals surface area contributed by atoms with Crippen LogP contribution < -0.4 is 5.73 Å². The monoisotopic (exact) mass is 261 g/mol. The first-order valence-corrected chi connectivity index (χ1v) is 5.93. The normalized spacial score (nSPS) is 11.3. The van der Waals surface area contributed by atoms with E-state index in [1.165, 1.54) is 0 Å². The van der Waals surface area contributed by atoms with Crippen LogP contribution in [0.4, 0.5) is 5.82 Å². The van der Waals surface area contributed by atoms with Gasteiger partial charge in [0.25, 0.3) is 0 Å². The third-order valence-electron chi connectivity index (χ3n) is 3.23. The molecule has 0 saturated carbocycles. The number of halogens is 1. The number of nitrogens with zero attached hydrogens (tertiary/aromatic N) is 2. The first-order chi connectivity index (χ1) is 8.58. The predicted octanol–water partition coefficient (Wildman–Crippen LogP) is 3.38. The Hall–Kier alpha value is -1.94. The molecule has 0 atom stereocenters. The Morgan fingerprint density at radius 3 is 2.78 bits per heavy atom. The second-order valence-corrected chi connectivity index (χ2v) is 4.73. The number of rotatable bonds is 1. The topological polar surface area (TPSA) is 57.0 Å². The average Bonchev–Trinajstić information content (AvgIpc) is 2.85. The van der Waals surface area contributed by atoms with Gasteiger partial charge < -0.3 is 14.8 Å². The van der Waals surface area contributed by atoms with Crippen molar-refractivity contribution in [3.8, 4) is 11.3 Å². The Kier molecular flexibility index (Phi) is 2.35. The van der Waals surface area contributed by atoms with Crippen molar-refractivity contribution in [2.75, 3.05) is 5.73 Å². The van der Waals surface area contributed by atoms with Crippen molar-refractivity contribution in [3.63, 3.8) is 0 Å². The largest absolute Gasteiger partial charge is 0.381 e. The van der Waals surface area contributed by atoms with Gasteiger partial charge in [-0.25, -0.2) is 0 Å². The molecule has 0 unspecified atom stereocenters. The van der Waals surface area contributed by atoms with Crippen LogP contribution in [-0.4, -0.2) is 9.72 Å². The summed E-state index contributed by atoms with van der Waals surface area (Å²) < 4.78 is 7.34. The fraction of sp³-hybridized carbons (Fsp3) is 0.154. The number of hydrogen-bond donors (Lipinski definition) is 1. The lowest BCUT2D eigenvalue weighted by Gasteiger charge is -1.98. The highest BCUT2D eigenvalue weighted by Gasteiger charge is 2.17. The highest BCUT2D eigenvalue weighted by atomic mass is 35.5. The molecule has 0 aliphatic carbocycles. The van der Waals surface area contributed by atoms with Crippen molar-refractivity contribution >= 4 is 28.3 Å². The molecule has 18 heavy (non-hydrogen) atoms. The van der Waals surface area contributed by atoms with Gasteiger partial charge in [-0.15, -0.1) is 0 Å². The lowest BCUT2D eigenvalue weighted by molar-refractivity contribution is 0.436. The summed E-state index contributed by atoms with van der Waals surface area (Å²) in [4.78, 5) is 0. The van der Waals surface area contributed by atoms with Gasteiger partial charge in [0.15, 0.2) is 11.6 Å². The van der Waals surface area contributed by atoms with E-state index in [1.807, 2.05) is 32.2 Å². The molecule has 0 spiro atoms. The highest BCUT2D eigenvalue weighted by molar-refractivity contribution is 6.31. The Labute approximate surface area is 109 Å². The number of fused-ring (bicyclic) bond motifs is 1. The second kappa shape index (κ2) is 3.78. The van der Waals surface area contributed by atoms with Crippen LogP contribution in [0.25, 0.3) is 22.2 Å². The van der Waals surface area contributed by atoms with Gasteiger partial charge in [0.05, 0.1) is 5.52 Å². The quantitative estimate of drug-likeness (QED) is 0.731. The molecular weight excluding hydrogens is 250 g/mol. The van der Waals surface area contributed by atoms with E-state index < -0.39 is 0 Å². The molecule has 0 aliphatic rings. The molecule has 3 rings (SSSR count). The molecule has 2 N–H and O–H groups in total. The number of aromatic nitrogens is 2. The zero-order valence-corrected chi connectivity index (χ0v) is 10.8. The minimum atomic E-state index is 0.385. The van der Waals surface area contributed by atoms with E-state index in [0.29, 0.717) is 16.6 Å². The van der Waals surface area contributed by atoms with Gasteiger partial charge in [0.2, 0.25) is 0 Å². The number of aryl methyl sites for hydroxylation is 1. The Balaban J connectivity index is 2.39. The van der Waals surface area contributed by atoms with Crippen molar-refractivity contribution in [1.29, 1.82) is 0 Å². The summed E-state index contributed by atoms with van der Waals surface area (Å²) in [7, 11) is 2.00. The van der Waals surface area contributed by atoms with Crippen molar-refractivity contribution in [3.05, 3.63) is 35.0 Å². The highest BCUT2D eigenvalue weighted by Crippen LogP contribution is 2.35. The van der Waals surface area contributed by atoms with E-state index in [2.05, 4.69) is 9.72 Å². The molecule has 3 aromatic rings. The predicted molar refractivity (Wildman–Crippen MR) is 72.6 cm³/mol. The third kappa shape index (κ3) is 1.49. The summed E-state index contributed by atoms with van der Waals surface area (Å²) in [5.41, 5.74) is 8.76. The fourth-order valence-corrected chi connectivity index (χ4v) is 2.42. The van der Waals surface area contributed by atoms with Crippen molar-refractivity contribution in [1.82, 2.24) is 9.72 Å². The van der Waals surface area contributed by atoms with Crippen LogP contribution >= 0.6 is 11.6 Å². The number of nitrogen functional groups attached to an aromatic ring is 1. The van der Waals surface area contributed by atoms with E-state index in [0.717, 1.165) is 22.2 Å². The first-order valence-electron chi connectivity index (χ1n) is 5.55. The standard InChI is InChI=1S/C13H12ClN3O/c1-7-13(11-6-12(15)16-18-11)9-4-3-8(14)5-10(9)17(7)2/h3-6H,1-2H3,(H2,15,16). The number of nitrogens with two attached hydrogens (primary N) is 1. The molecule has 0 amide bonds. The summed E-state index contributed by atoms with van der Waals surface area (Å²) in [6, 6.07) is 7.52.